The van der Waals surface area contributed by atoms with E-state index in [9.17, 15) is 0 Å². The van der Waals surface area contributed by atoms with Gasteiger partial charge in [0.2, 0.25) is 0 Å². The third kappa shape index (κ3) is 1.79. The van der Waals surface area contributed by atoms with Gasteiger partial charge in [-0.05, 0) is 18.6 Å². The lowest BCUT2D eigenvalue weighted by Gasteiger charge is -2.02. The Bertz CT molecular complexity index is 393. The first-order valence-electron chi connectivity index (χ1n) is 3.57. The van der Waals surface area contributed by atoms with Gasteiger partial charge in [0.25, 0.3) is 0 Å². The van der Waals surface area contributed by atoms with E-state index >= 15 is 0 Å². The molecule has 0 unspecified atom stereocenters. The van der Waals surface area contributed by atoms with Gasteiger partial charge in [0.15, 0.2) is 0 Å². The first-order chi connectivity index (χ1) is 6.20. The van der Waals surface area contributed by atoms with Gasteiger partial charge in [-0.25, -0.2) is 0 Å². The molecule has 0 amide bonds. The Hall–Kier alpha value is -1.53. The molecule has 13 heavy (non-hydrogen) atoms. The summed E-state index contributed by atoms with van der Waals surface area (Å²) in [4.78, 5) is 0. The highest BCUT2D eigenvalue weighted by molar-refractivity contribution is 6.32. The summed E-state index contributed by atoms with van der Waals surface area (Å²) in [5.74, 6) is 0. The molecule has 1 aromatic rings. The molecule has 1 N–H and O–H groups in total. The van der Waals surface area contributed by atoms with Crippen LogP contribution in [-0.2, 0) is 0 Å². The van der Waals surface area contributed by atoms with E-state index in [0.29, 0.717) is 16.1 Å². The van der Waals surface area contributed by atoms with Crippen LogP contribution in [-0.4, -0.2) is 11.4 Å². The number of halogens is 1. The monoisotopic (exact) mass is 194 g/mol. The van der Waals surface area contributed by atoms with Gasteiger partial charge in [-0.2, -0.15) is 5.26 Å². The van der Waals surface area contributed by atoms with Crippen LogP contribution in [0, 0.1) is 18.3 Å². The molecule has 0 saturated heterocycles. The van der Waals surface area contributed by atoms with Crippen LogP contribution in [0.15, 0.2) is 17.3 Å². The zero-order valence-electron chi connectivity index (χ0n) is 6.95. The molecule has 3 nitrogen and oxygen atoms in total. The molecule has 0 saturated carbocycles. The molecule has 0 fully saturated rings. The second-order valence-corrected chi connectivity index (χ2v) is 2.88. The van der Waals surface area contributed by atoms with E-state index in [1.165, 1.54) is 6.21 Å². The molecule has 66 valence electrons. The minimum absolute atomic E-state index is 0.403. The summed E-state index contributed by atoms with van der Waals surface area (Å²) in [5.41, 5.74) is 1.86. The second-order valence-electron chi connectivity index (χ2n) is 2.50. The molecule has 0 aliphatic rings. The molecule has 0 atom stereocenters. The molecular formula is C9H7ClN2O. The van der Waals surface area contributed by atoms with E-state index in [4.69, 9.17) is 22.1 Å². The van der Waals surface area contributed by atoms with Crippen molar-refractivity contribution in [2.75, 3.05) is 0 Å². The molecule has 0 aromatic heterocycles. The van der Waals surface area contributed by atoms with Gasteiger partial charge < -0.3 is 5.21 Å². The minimum atomic E-state index is 0.403. The zero-order chi connectivity index (χ0) is 9.84. The van der Waals surface area contributed by atoms with Crippen LogP contribution in [0.3, 0.4) is 0 Å². The lowest BCUT2D eigenvalue weighted by Crippen LogP contribution is -1.90. The fourth-order valence-corrected chi connectivity index (χ4v) is 1.20. The van der Waals surface area contributed by atoms with Crippen molar-refractivity contribution in [2.45, 2.75) is 6.92 Å². The van der Waals surface area contributed by atoms with Crippen LogP contribution in [0.2, 0.25) is 5.02 Å². The van der Waals surface area contributed by atoms with Crippen LogP contribution in [0.25, 0.3) is 0 Å². The highest BCUT2D eigenvalue weighted by Crippen LogP contribution is 2.22. The van der Waals surface area contributed by atoms with E-state index < -0.39 is 0 Å². The predicted molar refractivity (Wildman–Crippen MR) is 50.3 cm³/mol. The molecule has 0 spiro atoms. The number of hydrogen-bond donors (Lipinski definition) is 1. The number of rotatable bonds is 1. The van der Waals surface area contributed by atoms with Gasteiger partial charge in [-0.15, -0.1) is 0 Å². The second kappa shape index (κ2) is 3.92. The number of benzene rings is 1. The fourth-order valence-electron chi connectivity index (χ4n) is 0.988. The standard InChI is InChI=1S/C9H7ClN2O/c1-6-8(5-12-13)3-2-7(4-11)9(6)10/h2-3,5,13H,1H3/b12-5-. The maximum atomic E-state index is 8.65. The van der Waals surface area contributed by atoms with Gasteiger partial charge in [0, 0.05) is 5.56 Å². The maximum Gasteiger partial charge on any atom is 0.101 e. The van der Waals surface area contributed by atoms with E-state index in [-0.39, 0.29) is 0 Å². The maximum absolute atomic E-state index is 8.65. The molecule has 0 aliphatic heterocycles. The van der Waals surface area contributed by atoms with Crippen molar-refractivity contribution in [3.63, 3.8) is 0 Å². The van der Waals surface area contributed by atoms with Crippen LogP contribution < -0.4 is 0 Å². The molecule has 4 heteroatoms. The van der Waals surface area contributed by atoms with Crippen molar-refractivity contribution in [3.8, 4) is 6.07 Å². The van der Waals surface area contributed by atoms with Gasteiger partial charge in [0.1, 0.15) is 6.07 Å². The Labute approximate surface area is 80.9 Å². The lowest BCUT2D eigenvalue weighted by atomic mass is 10.1. The van der Waals surface area contributed by atoms with Crippen molar-refractivity contribution in [2.24, 2.45) is 5.16 Å². The SMILES string of the molecule is Cc1c(/C=N\O)ccc(C#N)c1Cl. The summed E-state index contributed by atoms with van der Waals surface area (Å²) < 4.78 is 0. The van der Waals surface area contributed by atoms with E-state index in [2.05, 4.69) is 5.16 Å². The number of oxime groups is 1. The summed E-state index contributed by atoms with van der Waals surface area (Å²) in [6.45, 7) is 1.76. The van der Waals surface area contributed by atoms with E-state index in [1.54, 1.807) is 19.1 Å². The summed E-state index contributed by atoms with van der Waals surface area (Å²) >= 11 is 5.87. The van der Waals surface area contributed by atoms with Crippen LogP contribution in [0.5, 0.6) is 0 Å². The van der Waals surface area contributed by atoms with Crippen LogP contribution in [0.4, 0.5) is 0 Å². The van der Waals surface area contributed by atoms with Crippen molar-refractivity contribution < 1.29 is 5.21 Å². The molecule has 0 radical (unpaired) electrons. The molecule has 0 bridgehead atoms. The predicted octanol–water partition coefficient (Wildman–Crippen LogP) is 2.33. The van der Waals surface area contributed by atoms with Crippen molar-refractivity contribution in [1.82, 2.24) is 0 Å². The Kier molecular flexibility index (Phi) is 2.88. The highest BCUT2D eigenvalue weighted by Gasteiger charge is 2.05. The van der Waals surface area contributed by atoms with Gasteiger partial charge in [-0.1, -0.05) is 22.8 Å². The van der Waals surface area contributed by atoms with E-state index in [1.807, 2.05) is 6.07 Å². The zero-order valence-corrected chi connectivity index (χ0v) is 7.71. The highest BCUT2D eigenvalue weighted by atomic mass is 35.5. The normalized spacial score (nSPS) is 10.2. The van der Waals surface area contributed by atoms with Crippen LogP contribution in [0.1, 0.15) is 16.7 Å². The fraction of sp³-hybridized carbons (Fsp3) is 0.111. The first-order valence-corrected chi connectivity index (χ1v) is 3.95. The van der Waals surface area contributed by atoms with Gasteiger partial charge >= 0.3 is 0 Å². The largest absolute Gasteiger partial charge is 0.411 e. The molecule has 0 heterocycles. The third-order valence-corrected chi connectivity index (χ3v) is 2.23. The van der Waals surface area contributed by atoms with Crippen molar-refractivity contribution in [3.05, 3.63) is 33.8 Å². The minimum Gasteiger partial charge on any atom is -0.411 e. The molecule has 1 aromatic carbocycles. The first kappa shape index (κ1) is 9.56. The Morgan fingerprint density at radius 2 is 2.31 bits per heavy atom. The van der Waals surface area contributed by atoms with Crippen molar-refractivity contribution >= 4 is 17.8 Å². The summed E-state index contributed by atoms with van der Waals surface area (Å²) in [6.07, 6.45) is 1.28. The van der Waals surface area contributed by atoms with Gasteiger partial charge in [0.05, 0.1) is 16.8 Å². The molecular weight excluding hydrogens is 188 g/mol. The van der Waals surface area contributed by atoms with Crippen molar-refractivity contribution in [1.29, 1.82) is 5.26 Å². The number of nitriles is 1. The summed E-state index contributed by atoms with van der Waals surface area (Å²) in [7, 11) is 0. The third-order valence-electron chi connectivity index (χ3n) is 1.75. The smallest absolute Gasteiger partial charge is 0.101 e. The average Bonchev–Trinajstić information content (AvgIpc) is 2.14. The molecule has 1 rings (SSSR count). The van der Waals surface area contributed by atoms with Crippen LogP contribution >= 0.6 is 11.6 Å². The quantitative estimate of drug-likeness (QED) is 0.424. The lowest BCUT2D eigenvalue weighted by molar-refractivity contribution is 0.322. The Morgan fingerprint density at radius 3 is 2.85 bits per heavy atom. The average molecular weight is 195 g/mol. The molecule has 0 aliphatic carbocycles. The van der Waals surface area contributed by atoms with Gasteiger partial charge in [-0.3, -0.25) is 0 Å². The Morgan fingerprint density at radius 1 is 1.62 bits per heavy atom. The number of hydrogen-bond acceptors (Lipinski definition) is 3. The topological polar surface area (TPSA) is 56.4 Å². The Balaban J connectivity index is 3.33. The summed E-state index contributed by atoms with van der Waals surface area (Å²) in [6, 6.07) is 5.24. The summed E-state index contributed by atoms with van der Waals surface area (Å²) in [5, 5.41) is 20.3. The number of nitrogens with zero attached hydrogens (tertiary/aromatic N) is 2. The van der Waals surface area contributed by atoms with E-state index in [0.717, 1.165) is 5.56 Å².